The van der Waals surface area contributed by atoms with Gasteiger partial charge >= 0.3 is 0 Å². The molecule has 0 radical (unpaired) electrons. The van der Waals surface area contributed by atoms with E-state index in [2.05, 4.69) is 20.5 Å². The third-order valence-electron chi connectivity index (χ3n) is 5.06. The van der Waals surface area contributed by atoms with E-state index < -0.39 is 0 Å². The SMILES string of the molecule is O=C(Nc1nc(CC(=O)N2CCCC2c2nnc3ccccn23)cs1)c1ccco1. The van der Waals surface area contributed by atoms with Crippen molar-refractivity contribution in [2.24, 2.45) is 0 Å². The van der Waals surface area contributed by atoms with E-state index in [-0.39, 0.29) is 30.0 Å². The first-order chi connectivity index (χ1) is 14.7. The Labute approximate surface area is 175 Å². The topological polar surface area (TPSA) is 106 Å². The summed E-state index contributed by atoms with van der Waals surface area (Å²) in [6, 6.07) is 8.85. The van der Waals surface area contributed by atoms with E-state index in [1.54, 1.807) is 17.5 Å². The van der Waals surface area contributed by atoms with E-state index in [9.17, 15) is 9.59 Å². The van der Waals surface area contributed by atoms with Crippen LogP contribution in [0.1, 0.15) is 41.0 Å². The summed E-state index contributed by atoms with van der Waals surface area (Å²) >= 11 is 1.28. The Kier molecular flexibility index (Phi) is 4.75. The number of carbonyl (C=O) groups is 2. The lowest BCUT2D eigenvalue weighted by atomic mass is 10.2. The van der Waals surface area contributed by atoms with E-state index >= 15 is 0 Å². The molecule has 30 heavy (non-hydrogen) atoms. The van der Waals surface area contributed by atoms with Crippen LogP contribution in [0.15, 0.2) is 52.6 Å². The first-order valence-corrected chi connectivity index (χ1v) is 10.5. The van der Waals surface area contributed by atoms with Gasteiger partial charge in [0.1, 0.15) is 0 Å². The minimum absolute atomic E-state index is 0.0145. The smallest absolute Gasteiger partial charge is 0.293 e. The molecule has 5 rings (SSSR count). The molecule has 9 nitrogen and oxygen atoms in total. The van der Waals surface area contributed by atoms with Crippen LogP contribution in [0.5, 0.6) is 0 Å². The average Bonchev–Trinajstić information content (AvgIpc) is 3.53. The maximum absolute atomic E-state index is 13.0. The molecule has 2 amide bonds. The molecule has 0 aliphatic carbocycles. The number of hydrogen-bond donors (Lipinski definition) is 1. The lowest BCUT2D eigenvalue weighted by Gasteiger charge is -2.23. The van der Waals surface area contributed by atoms with Crippen molar-refractivity contribution in [1.82, 2.24) is 24.5 Å². The Morgan fingerprint density at radius 3 is 3.03 bits per heavy atom. The number of aromatic nitrogens is 4. The summed E-state index contributed by atoms with van der Waals surface area (Å²) < 4.78 is 7.01. The normalized spacial score (nSPS) is 16.3. The molecule has 4 aromatic rings. The lowest BCUT2D eigenvalue weighted by Crippen LogP contribution is -2.32. The van der Waals surface area contributed by atoms with Crippen molar-refractivity contribution in [2.75, 3.05) is 11.9 Å². The van der Waals surface area contributed by atoms with Crippen LogP contribution in [0, 0.1) is 0 Å². The number of nitrogens with zero attached hydrogens (tertiary/aromatic N) is 5. The van der Waals surface area contributed by atoms with Crippen LogP contribution in [0.3, 0.4) is 0 Å². The molecule has 152 valence electrons. The Morgan fingerprint density at radius 1 is 1.23 bits per heavy atom. The van der Waals surface area contributed by atoms with Gasteiger partial charge in [0.05, 0.1) is 24.4 Å². The van der Waals surface area contributed by atoms with Gasteiger partial charge in [-0.1, -0.05) is 6.07 Å². The van der Waals surface area contributed by atoms with Gasteiger partial charge in [0.2, 0.25) is 5.91 Å². The zero-order valence-electron chi connectivity index (χ0n) is 15.9. The zero-order chi connectivity index (χ0) is 20.5. The van der Waals surface area contributed by atoms with Crippen molar-refractivity contribution in [2.45, 2.75) is 25.3 Å². The average molecular weight is 422 g/mol. The molecule has 4 aromatic heterocycles. The number of rotatable bonds is 5. The number of furan rings is 1. The highest BCUT2D eigenvalue weighted by atomic mass is 32.1. The minimum Gasteiger partial charge on any atom is -0.459 e. The highest BCUT2D eigenvalue weighted by Crippen LogP contribution is 2.31. The molecular formula is C20H18N6O3S. The number of anilines is 1. The molecule has 1 N–H and O–H groups in total. The molecule has 1 aliphatic heterocycles. The van der Waals surface area contributed by atoms with Crippen LogP contribution in [-0.4, -0.2) is 42.8 Å². The van der Waals surface area contributed by atoms with Gasteiger partial charge in [-0.05, 0) is 37.1 Å². The molecule has 0 saturated carbocycles. The van der Waals surface area contributed by atoms with Gasteiger partial charge in [0, 0.05) is 18.1 Å². The van der Waals surface area contributed by atoms with Crippen LogP contribution in [-0.2, 0) is 11.2 Å². The number of amides is 2. The van der Waals surface area contributed by atoms with E-state index in [0.29, 0.717) is 17.4 Å². The number of thiazole rings is 1. The second-order valence-electron chi connectivity index (χ2n) is 6.98. The van der Waals surface area contributed by atoms with Gasteiger partial charge in [0.15, 0.2) is 22.4 Å². The standard InChI is InChI=1S/C20H18N6O3S/c27-17(11-13-12-30-20(21-13)22-19(28)15-6-4-10-29-15)25-9-3-5-14(25)18-24-23-16-7-1-2-8-26(16)18/h1-2,4,6-8,10,12,14H,3,5,9,11H2,(H,21,22,28). The Bertz CT molecular complexity index is 1200. The largest absolute Gasteiger partial charge is 0.459 e. The summed E-state index contributed by atoms with van der Waals surface area (Å²) in [5.41, 5.74) is 1.39. The number of hydrogen-bond acceptors (Lipinski definition) is 7. The van der Waals surface area contributed by atoms with Gasteiger partial charge in [-0.3, -0.25) is 19.3 Å². The van der Waals surface area contributed by atoms with Crippen molar-refractivity contribution in [1.29, 1.82) is 0 Å². The lowest BCUT2D eigenvalue weighted by molar-refractivity contribution is -0.131. The van der Waals surface area contributed by atoms with E-state index in [0.717, 1.165) is 24.3 Å². The maximum Gasteiger partial charge on any atom is 0.293 e. The second-order valence-corrected chi connectivity index (χ2v) is 7.84. The van der Waals surface area contributed by atoms with Crippen molar-refractivity contribution in [3.05, 3.63) is 65.5 Å². The number of carbonyl (C=O) groups excluding carboxylic acids is 2. The predicted molar refractivity (Wildman–Crippen MR) is 109 cm³/mol. The Morgan fingerprint density at radius 2 is 2.17 bits per heavy atom. The molecule has 5 heterocycles. The van der Waals surface area contributed by atoms with Gasteiger partial charge < -0.3 is 9.32 Å². The fourth-order valence-corrected chi connectivity index (χ4v) is 4.39. The molecule has 0 bridgehead atoms. The summed E-state index contributed by atoms with van der Waals surface area (Å²) in [6.07, 6.45) is 5.29. The summed E-state index contributed by atoms with van der Waals surface area (Å²) in [5, 5.41) is 13.4. The van der Waals surface area contributed by atoms with E-state index in [4.69, 9.17) is 4.42 Å². The number of fused-ring (bicyclic) bond motifs is 1. The van der Waals surface area contributed by atoms with Crippen LogP contribution < -0.4 is 5.32 Å². The van der Waals surface area contributed by atoms with Crippen molar-refractivity contribution in [3.8, 4) is 0 Å². The number of nitrogens with one attached hydrogen (secondary N) is 1. The fourth-order valence-electron chi connectivity index (χ4n) is 3.69. The highest BCUT2D eigenvalue weighted by molar-refractivity contribution is 7.14. The molecule has 1 fully saturated rings. The predicted octanol–water partition coefficient (Wildman–Crippen LogP) is 2.94. The molecule has 10 heteroatoms. The minimum atomic E-state index is -0.370. The third-order valence-corrected chi connectivity index (χ3v) is 5.87. The summed E-state index contributed by atoms with van der Waals surface area (Å²) in [6.45, 7) is 0.678. The van der Waals surface area contributed by atoms with Gasteiger partial charge in [0.25, 0.3) is 5.91 Å². The van der Waals surface area contributed by atoms with Crippen LogP contribution in [0.25, 0.3) is 5.65 Å². The quantitative estimate of drug-likeness (QED) is 0.530. The highest BCUT2D eigenvalue weighted by Gasteiger charge is 2.33. The first kappa shape index (κ1) is 18.5. The first-order valence-electron chi connectivity index (χ1n) is 9.57. The monoisotopic (exact) mass is 422 g/mol. The van der Waals surface area contributed by atoms with Gasteiger partial charge in [-0.25, -0.2) is 4.98 Å². The Balaban J connectivity index is 1.28. The fraction of sp³-hybridized carbons (Fsp3) is 0.250. The van der Waals surface area contributed by atoms with Crippen molar-refractivity contribution < 1.29 is 14.0 Å². The van der Waals surface area contributed by atoms with E-state index in [1.807, 2.05) is 33.7 Å². The second kappa shape index (κ2) is 7.71. The van der Waals surface area contributed by atoms with Gasteiger partial charge in [-0.2, -0.15) is 0 Å². The summed E-state index contributed by atoms with van der Waals surface area (Å²) in [7, 11) is 0. The van der Waals surface area contributed by atoms with Crippen molar-refractivity contribution >= 4 is 33.9 Å². The summed E-state index contributed by atoms with van der Waals surface area (Å²) in [4.78, 5) is 31.3. The molecule has 1 unspecified atom stereocenters. The number of pyridine rings is 1. The summed E-state index contributed by atoms with van der Waals surface area (Å²) in [5.74, 6) is 0.606. The third kappa shape index (κ3) is 3.45. The van der Waals surface area contributed by atoms with Crippen molar-refractivity contribution in [3.63, 3.8) is 0 Å². The molecular weight excluding hydrogens is 404 g/mol. The molecule has 0 spiro atoms. The number of likely N-dealkylation sites (tertiary alicyclic amines) is 1. The zero-order valence-corrected chi connectivity index (χ0v) is 16.7. The molecule has 1 saturated heterocycles. The molecule has 1 atom stereocenters. The van der Waals surface area contributed by atoms with E-state index in [1.165, 1.54) is 17.6 Å². The Hall–Kier alpha value is -3.53. The van der Waals surface area contributed by atoms with Gasteiger partial charge in [-0.15, -0.1) is 21.5 Å². The van der Waals surface area contributed by atoms with Crippen LogP contribution in [0.2, 0.25) is 0 Å². The maximum atomic E-state index is 13.0. The van der Waals surface area contributed by atoms with Crippen LogP contribution in [0.4, 0.5) is 5.13 Å². The molecule has 0 aromatic carbocycles. The molecule has 1 aliphatic rings. The van der Waals surface area contributed by atoms with Crippen LogP contribution >= 0.6 is 11.3 Å².